The number of aliphatic hydroxyl groups excluding tert-OH is 1. The number of aliphatic hydroxyl groups is 1. The molecule has 0 aromatic carbocycles. The van der Waals surface area contributed by atoms with Gasteiger partial charge in [-0.05, 0) is 31.7 Å². The van der Waals surface area contributed by atoms with Crippen LogP contribution in [0.1, 0.15) is 32.6 Å². The molecule has 0 bridgehead atoms. The average Bonchev–Trinajstić information content (AvgIpc) is 2.65. The Hall–Kier alpha value is -0.120. The van der Waals surface area contributed by atoms with E-state index in [1.807, 2.05) is 0 Å². The van der Waals surface area contributed by atoms with Crippen LogP contribution in [0, 0.1) is 5.92 Å². The molecule has 0 aliphatic carbocycles. The lowest BCUT2D eigenvalue weighted by molar-refractivity contribution is -0.0320. The van der Waals surface area contributed by atoms with E-state index in [1.165, 1.54) is 0 Å². The van der Waals surface area contributed by atoms with Crippen molar-refractivity contribution in [2.45, 2.75) is 44.8 Å². The minimum Gasteiger partial charge on any atom is -0.390 e. The molecule has 1 aliphatic rings. The van der Waals surface area contributed by atoms with E-state index in [2.05, 4.69) is 6.92 Å². The quantitative estimate of drug-likeness (QED) is 0.672. The summed E-state index contributed by atoms with van der Waals surface area (Å²) in [6.07, 6.45) is 3.82. The van der Waals surface area contributed by atoms with Crippen LogP contribution >= 0.6 is 0 Å². The highest BCUT2D eigenvalue weighted by Gasteiger charge is 2.29. The summed E-state index contributed by atoms with van der Waals surface area (Å²) in [6.45, 7) is 3.48. The summed E-state index contributed by atoms with van der Waals surface area (Å²) < 4.78 is 5.44. The van der Waals surface area contributed by atoms with Gasteiger partial charge in [-0.15, -0.1) is 0 Å². The molecule has 0 spiro atoms. The zero-order chi connectivity index (χ0) is 9.68. The van der Waals surface area contributed by atoms with Gasteiger partial charge in [-0.1, -0.05) is 13.3 Å². The van der Waals surface area contributed by atoms with Gasteiger partial charge in [0, 0.05) is 6.61 Å². The Balaban J connectivity index is 2.37. The van der Waals surface area contributed by atoms with E-state index in [9.17, 15) is 5.11 Å². The van der Waals surface area contributed by atoms with Gasteiger partial charge in [0.2, 0.25) is 0 Å². The molecular formula is C10H21NO2. The lowest BCUT2D eigenvalue weighted by atomic mass is 9.92. The molecule has 1 rings (SSSR count). The molecule has 1 heterocycles. The van der Waals surface area contributed by atoms with Crippen molar-refractivity contribution >= 4 is 0 Å². The predicted octanol–water partition coefficient (Wildman–Crippen LogP) is 0.901. The summed E-state index contributed by atoms with van der Waals surface area (Å²) in [6, 6.07) is 0. The molecule has 0 amide bonds. The van der Waals surface area contributed by atoms with E-state index < -0.39 is 0 Å². The Kier molecular flexibility index (Phi) is 4.70. The highest BCUT2D eigenvalue weighted by Crippen LogP contribution is 2.22. The number of ether oxygens (including phenoxy) is 1. The van der Waals surface area contributed by atoms with Crippen LogP contribution in [0.5, 0.6) is 0 Å². The number of nitrogens with two attached hydrogens (primary N) is 1. The number of rotatable bonds is 5. The molecule has 1 fully saturated rings. The van der Waals surface area contributed by atoms with Gasteiger partial charge in [-0.25, -0.2) is 0 Å². The van der Waals surface area contributed by atoms with E-state index in [0.29, 0.717) is 6.54 Å². The zero-order valence-corrected chi connectivity index (χ0v) is 8.41. The monoisotopic (exact) mass is 187 g/mol. The molecule has 3 unspecified atom stereocenters. The normalized spacial score (nSPS) is 27.5. The fourth-order valence-corrected chi connectivity index (χ4v) is 1.97. The summed E-state index contributed by atoms with van der Waals surface area (Å²) in [5.41, 5.74) is 5.61. The number of hydrogen-bond acceptors (Lipinski definition) is 3. The third-order valence-corrected chi connectivity index (χ3v) is 2.79. The fraction of sp³-hybridized carbons (Fsp3) is 1.00. The number of hydrogen-bond donors (Lipinski definition) is 2. The van der Waals surface area contributed by atoms with Crippen LogP contribution in [0.4, 0.5) is 0 Å². The molecule has 3 heteroatoms. The lowest BCUT2D eigenvalue weighted by Crippen LogP contribution is -2.37. The first kappa shape index (κ1) is 11.0. The van der Waals surface area contributed by atoms with Gasteiger partial charge >= 0.3 is 0 Å². The van der Waals surface area contributed by atoms with Crippen molar-refractivity contribution in [3.8, 4) is 0 Å². The van der Waals surface area contributed by atoms with Gasteiger partial charge in [0.15, 0.2) is 0 Å². The third-order valence-electron chi connectivity index (χ3n) is 2.79. The Morgan fingerprint density at radius 1 is 1.62 bits per heavy atom. The van der Waals surface area contributed by atoms with Crippen molar-refractivity contribution in [1.82, 2.24) is 0 Å². The second kappa shape index (κ2) is 5.58. The van der Waals surface area contributed by atoms with Gasteiger partial charge in [0.05, 0.1) is 12.2 Å². The molecule has 3 atom stereocenters. The molecular weight excluding hydrogens is 166 g/mol. The van der Waals surface area contributed by atoms with Crippen LogP contribution in [-0.2, 0) is 4.74 Å². The van der Waals surface area contributed by atoms with Crippen LogP contribution in [0.2, 0.25) is 0 Å². The summed E-state index contributed by atoms with van der Waals surface area (Å²) in [4.78, 5) is 0. The average molecular weight is 187 g/mol. The Bertz CT molecular complexity index is 135. The predicted molar refractivity (Wildman–Crippen MR) is 52.4 cm³/mol. The Labute approximate surface area is 80.3 Å². The van der Waals surface area contributed by atoms with Gasteiger partial charge in [-0.3, -0.25) is 0 Å². The van der Waals surface area contributed by atoms with E-state index in [4.69, 9.17) is 10.5 Å². The highest BCUT2D eigenvalue weighted by atomic mass is 16.5. The highest BCUT2D eigenvalue weighted by molar-refractivity contribution is 4.80. The molecule has 0 radical (unpaired) electrons. The van der Waals surface area contributed by atoms with Crippen molar-refractivity contribution in [3.63, 3.8) is 0 Å². The van der Waals surface area contributed by atoms with Gasteiger partial charge in [0.1, 0.15) is 0 Å². The minimum absolute atomic E-state index is 0.0418. The van der Waals surface area contributed by atoms with Gasteiger partial charge < -0.3 is 15.6 Å². The summed E-state index contributed by atoms with van der Waals surface area (Å²) in [5, 5.41) is 9.93. The molecule has 0 aromatic heterocycles. The molecule has 0 saturated carbocycles. The topological polar surface area (TPSA) is 55.5 Å². The summed E-state index contributed by atoms with van der Waals surface area (Å²) >= 11 is 0. The maximum Gasteiger partial charge on any atom is 0.0841 e. The Morgan fingerprint density at radius 2 is 2.38 bits per heavy atom. The maximum absolute atomic E-state index is 9.93. The lowest BCUT2D eigenvalue weighted by Gasteiger charge is -2.25. The van der Waals surface area contributed by atoms with Gasteiger partial charge in [0.25, 0.3) is 0 Å². The molecule has 3 nitrogen and oxygen atoms in total. The molecule has 1 saturated heterocycles. The molecule has 0 aromatic rings. The van der Waals surface area contributed by atoms with Crippen molar-refractivity contribution in [1.29, 1.82) is 0 Å². The molecule has 3 N–H and O–H groups in total. The van der Waals surface area contributed by atoms with Crippen molar-refractivity contribution < 1.29 is 9.84 Å². The minimum atomic E-state index is -0.354. The first-order chi connectivity index (χ1) is 6.29. The Morgan fingerprint density at radius 3 is 2.85 bits per heavy atom. The summed E-state index contributed by atoms with van der Waals surface area (Å²) in [7, 11) is 0. The first-order valence-electron chi connectivity index (χ1n) is 5.29. The molecule has 78 valence electrons. The fourth-order valence-electron chi connectivity index (χ4n) is 1.97. The molecule has 13 heavy (non-hydrogen) atoms. The van der Waals surface area contributed by atoms with Crippen LogP contribution in [0.25, 0.3) is 0 Å². The third kappa shape index (κ3) is 2.93. The van der Waals surface area contributed by atoms with E-state index in [1.54, 1.807) is 0 Å². The largest absolute Gasteiger partial charge is 0.390 e. The van der Waals surface area contributed by atoms with Crippen molar-refractivity contribution in [2.24, 2.45) is 11.7 Å². The summed E-state index contributed by atoms with van der Waals surface area (Å²) in [5.74, 6) is 0.216. The van der Waals surface area contributed by atoms with E-state index in [0.717, 1.165) is 32.3 Å². The van der Waals surface area contributed by atoms with Crippen LogP contribution < -0.4 is 5.73 Å². The second-order valence-corrected chi connectivity index (χ2v) is 3.83. The van der Waals surface area contributed by atoms with Gasteiger partial charge in [-0.2, -0.15) is 0 Å². The maximum atomic E-state index is 9.93. The van der Waals surface area contributed by atoms with Crippen LogP contribution in [0.3, 0.4) is 0 Å². The van der Waals surface area contributed by atoms with Crippen molar-refractivity contribution in [3.05, 3.63) is 0 Å². The van der Waals surface area contributed by atoms with Crippen LogP contribution in [-0.4, -0.2) is 30.5 Å². The standard InChI is InChI=1S/C10H21NO2/c1-2-4-8(7-11)10(12)9-5-3-6-13-9/h8-10,12H,2-7,11H2,1H3. The second-order valence-electron chi connectivity index (χ2n) is 3.83. The zero-order valence-electron chi connectivity index (χ0n) is 8.41. The smallest absolute Gasteiger partial charge is 0.0841 e. The van der Waals surface area contributed by atoms with Crippen LogP contribution in [0.15, 0.2) is 0 Å². The first-order valence-corrected chi connectivity index (χ1v) is 5.29. The van der Waals surface area contributed by atoms with Crippen molar-refractivity contribution in [2.75, 3.05) is 13.2 Å². The van der Waals surface area contributed by atoms with E-state index in [-0.39, 0.29) is 18.1 Å². The SMILES string of the molecule is CCCC(CN)C(O)C1CCCO1. The molecule has 1 aliphatic heterocycles. The van der Waals surface area contributed by atoms with E-state index >= 15 is 0 Å².